The van der Waals surface area contributed by atoms with E-state index in [-0.39, 0.29) is 11.4 Å². The SMILES string of the molecule is N#Cc1c(N)nc(SCc2ccc(Cl)c(Cl)c2)c(C#N)c1-c1cccs1. The van der Waals surface area contributed by atoms with Crippen molar-refractivity contribution in [1.29, 1.82) is 10.5 Å². The number of aromatic nitrogens is 1. The number of nitriles is 2. The summed E-state index contributed by atoms with van der Waals surface area (Å²) in [4.78, 5) is 5.09. The van der Waals surface area contributed by atoms with Gasteiger partial charge in [-0.3, -0.25) is 0 Å². The van der Waals surface area contributed by atoms with E-state index in [2.05, 4.69) is 17.1 Å². The number of pyridine rings is 1. The summed E-state index contributed by atoms with van der Waals surface area (Å²) >= 11 is 14.8. The maximum Gasteiger partial charge on any atom is 0.143 e. The minimum Gasteiger partial charge on any atom is -0.383 e. The van der Waals surface area contributed by atoms with Gasteiger partial charge < -0.3 is 5.73 Å². The molecule has 128 valence electrons. The van der Waals surface area contributed by atoms with Crippen LogP contribution in [0, 0.1) is 22.7 Å². The first-order valence-corrected chi connectivity index (χ1v) is 9.91. The lowest BCUT2D eigenvalue weighted by molar-refractivity contribution is 1.11. The fraction of sp³-hybridized carbons (Fsp3) is 0.0556. The minimum atomic E-state index is 0.117. The van der Waals surface area contributed by atoms with Crippen molar-refractivity contribution in [3.8, 4) is 22.6 Å². The molecule has 26 heavy (non-hydrogen) atoms. The Bertz CT molecular complexity index is 1050. The van der Waals surface area contributed by atoms with Gasteiger partial charge in [0.15, 0.2) is 0 Å². The Labute approximate surface area is 168 Å². The van der Waals surface area contributed by atoms with Crippen molar-refractivity contribution in [3.05, 3.63) is 62.4 Å². The molecule has 3 aromatic rings. The molecular weight excluding hydrogens is 407 g/mol. The Morgan fingerprint density at radius 1 is 1.12 bits per heavy atom. The number of nitrogen functional groups attached to an aromatic ring is 1. The second kappa shape index (κ2) is 7.99. The Morgan fingerprint density at radius 2 is 1.88 bits per heavy atom. The summed E-state index contributed by atoms with van der Waals surface area (Å²) in [5.41, 5.74) is 8.04. The number of halogens is 2. The Balaban J connectivity index is 2.04. The lowest BCUT2D eigenvalue weighted by atomic mass is 10.0. The van der Waals surface area contributed by atoms with E-state index < -0.39 is 0 Å². The summed E-state index contributed by atoms with van der Waals surface area (Å²) < 4.78 is 0. The van der Waals surface area contributed by atoms with Gasteiger partial charge >= 0.3 is 0 Å². The molecule has 0 spiro atoms. The van der Waals surface area contributed by atoms with Crippen molar-refractivity contribution in [1.82, 2.24) is 4.98 Å². The molecule has 2 aromatic heterocycles. The maximum atomic E-state index is 9.70. The molecule has 0 bridgehead atoms. The van der Waals surface area contributed by atoms with Gasteiger partial charge in [-0.1, -0.05) is 35.3 Å². The van der Waals surface area contributed by atoms with Crippen LogP contribution in [-0.4, -0.2) is 4.98 Å². The topological polar surface area (TPSA) is 86.5 Å². The van der Waals surface area contributed by atoms with Gasteiger partial charge in [0, 0.05) is 16.2 Å². The third-order valence-corrected chi connectivity index (χ3v) is 6.22. The highest BCUT2D eigenvalue weighted by Crippen LogP contribution is 2.38. The second-order valence-corrected chi connectivity index (χ2v) is 7.89. The third-order valence-electron chi connectivity index (χ3n) is 3.54. The molecule has 0 atom stereocenters. The van der Waals surface area contributed by atoms with Crippen LogP contribution in [0.4, 0.5) is 5.82 Å². The monoisotopic (exact) mass is 416 g/mol. The molecule has 0 saturated heterocycles. The fourth-order valence-corrected chi connectivity index (χ4v) is 4.39. The number of anilines is 1. The first-order valence-electron chi connectivity index (χ1n) is 7.29. The first kappa shape index (κ1) is 18.6. The van der Waals surface area contributed by atoms with Crippen LogP contribution in [0.1, 0.15) is 16.7 Å². The van der Waals surface area contributed by atoms with E-state index in [0.717, 1.165) is 10.4 Å². The number of nitrogens with zero attached hydrogens (tertiary/aromatic N) is 3. The molecule has 4 nitrogen and oxygen atoms in total. The van der Waals surface area contributed by atoms with Crippen molar-refractivity contribution in [3.63, 3.8) is 0 Å². The van der Waals surface area contributed by atoms with E-state index in [4.69, 9.17) is 28.9 Å². The predicted molar refractivity (Wildman–Crippen MR) is 107 cm³/mol. The highest BCUT2D eigenvalue weighted by molar-refractivity contribution is 7.98. The average Bonchev–Trinajstić information content (AvgIpc) is 3.16. The van der Waals surface area contributed by atoms with Crippen LogP contribution in [0.25, 0.3) is 10.4 Å². The molecule has 1 aromatic carbocycles. The molecule has 0 aliphatic rings. The summed E-state index contributed by atoms with van der Waals surface area (Å²) in [6.07, 6.45) is 0. The Morgan fingerprint density at radius 3 is 2.50 bits per heavy atom. The fourth-order valence-electron chi connectivity index (χ4n) is 2.35. The molecular formula is C18H10Cl2N4S2. The van der Waals surface area contributed by atoms with Gasteiger partial charge in [0.05, 0.1) is 15.6 Å². The number of hydrogen-bond donors (Lipinski definition) is 1. The largest absolute Gasteiger partial charge is 0.383 e. The summed E-state index contributed by atoms with van der Waals surface area (Å²) in [5, 5.41) is 22.5. The average molecular weight is 417 g/mol. The van der Waals surface area contributed by atoms with E-state index in [9.17, 15) is 10.5 Å². The summed E-state index contributed by atoms with van der Waals surface area (Å²) in [7, 11) is 0. The summed E-state index contributed by atoms with van der Waals surface area (Å²) in [5.74, 6) is 0.653. The Hall–Kier alpha value is -2.22. The van der Waals surface area contributed by atoms with Crippen molar-refractivity contribution in [2.24, 2.45) is 0 Å². The van der Waals surface area contributed by atoms with E-state index in [0.29, 0.717) is 32.0 Å². The van der Waals surface area contributed by atoms with Gasteiger partial charge in [0.2, 0.25) is 0 Å². The number of hydrogen-bond acceptors (Lipinski definition) is 6. The highest BCUT2D eigenvalue weighted by atomic mass is 35.5. The molecule has 2 N–H and O–H groups in total. The molecule has 0 amide bonds. The third kappa shape index (κ3) is 3.65. The van der Waals surface area contributed by atoms with Crippen LogP contribution in [-0.2, 0) is 5.75 Å². The van der Waals surface area contributed by atoms with Crippen molar-refractivity contribution >= 4 is 52.1 Å². The summed E-state index contributed by atoms with van der Waals surface area (Å²) in [6.45, 7) is 0. The molecule has 8 heteroatoms. The second-order valence-electron chi connectivity index (χ2n) is 5.17. The predicted octanol–water partition coefficient (Wildman–Crippen LogP) is 5.73. The lowest BCUT2D eigenvalue weighted by Gasteiger charge is -2.11. The van der Waals surface area contributed by atoms with Crippen molar-refractivity contribution in [2.45, 2.75) is 10.8 Å². The van der Waals surface area contributed by atoms with Crippen LogP contribution in [0.3, 0.4) is 0 Å². The normalized spacial score (nSPS) is 10.3. The number of thiophene rings is 1. The van der Waals surface area contributed by atoms with E-state index in [1.807, 2.05) is 23.6 Å². The van der Waals surface area contributed by atoms with Gasteiger partial charge in [-0.2, -0.15) is 10.5 Å². The summed E-state index contributed by atoms with van der Waals surface area (Å²) in [6, 6.07) is 13.3. The molecule has 0 unspecified atom stereocenters. The number of rotatable bonds is 4. The molecule has 0 aliphatic heterocycles. The Kier molecular flexibility index (Phi) is 5.70. The number of nitrogens with two attached hydrogens (primary N) is 1. The van der Waals surface area contributed by atoms with E-state index in [1.54, 1.807) is 12.1 Å². The van der Waals surface area contributed by atoms with Crippen LogP contribution in [0.2, 0.25) is 10.0 Å². The van der Waals surface area contributed by atoms with Gasteiger partial charge in [-0.15, -0.1) is 23.1 Å². The van der Waals surface area contributed by atoms with Crippen LogP contribution in [0.15, 0.2) is 40.7 Å². The molecule has 0 radical (unpaired) electrons. The van der Waals surface area contributed by atoms with Crippen molar-refractivity contribution < 1.29 is 0 Å². The minimum absolute atomic E-state index is 0.117. The molecule has 0 fully saturated rings. The maximum absolute atomic E-state index is 9.70. The van der Waals surface area contributed by atoms with Gasteiger partial charge in [-0.05, 0) is 29.1 Å². The van der Waals surface area contributed by atoms with Gasteiger partial charge in [-0.25, -0.2) is 4.98 Å². The van der Waals surface area contributed by atoms with E-state index >= 15 is 0 Å². The van der Waals surface area contributed by atoms with Crippen molar-refractivity contribution in [2.75, 3.05) is 5.73 Å². The molecule has 0 saturated carbocycles. The van der Waals surface area contributed by atoms with Gasteiger partial charge in [0.1, 0.15) is 28.5 Å². The highest BCUT2D eigenvalue weighted by Gasteiger charge is 2.21. The molecule has 2 heterocycles. The zero-order valence-electron chi connectivity index (χ0n) is 13.2. The van der Waals surface area contributed by atoms with Crippen LogP contribution < -0.4 is 5.73 Å². The molecule has 3 rings (SSSR count). The zero-order valence-corrected chi connectivity index (χ0v) is 16.3. The number of benzene rings is 1. The molecule has 0 aliphatic carbocycles. The van der Waals surface area contributed by atoms with E-state index in [1.165, 1.54) is 23.1 Å². The first-order chi connectivity index (χ1) is 12.5. The number of thioether (sulfide) groups is 1. The zero-order chi connectivity index (χ0) is 18.7. The van der Waals surface area contributed by atoms with Crippen LogP contribution in [0.5, 0.6) is 0 Å². The quantitative estimate of drug-likeness (QED) is 0.548. The van der Waals surface area contributed by atoms with Crippen LogP contribution >= 0.6 is 46.3 Å². The lowest BCUT2D eigenvalue weighted by Crippen LogP contribution is -2.02. The smallest absolute Gasteiger partial charge is 0.143 e. The standard InChI is InChI=1S/C18H10Cl2N4S2/c19-13-4-3-10(6-14(13)20)9-26-18-12(8-22)16(15-2-1-5-25-15)11(7-21)17(23)24-18/h1-6H,9H2,(H2,23,24). The van der Waals surface area contributed by atoms with Gasteiger partial charge in [0.25, 0.3) is 0 Å².